The van der Waals surface area contributed by atoms with Crippen molar-refractivity contribution in [3.8, 4) is 17.3 Å². The molecule has 1 N–H and O–H groups in total. The summed E-state index contributed by atoms with van der Waals surface area (Å²) in [5.41, 5.74) is 0.196. The van der Waals surface area contributed by atoms with Gasteiger partial charge in [-0.1, -0.05) is 35.5 Å². The standard InChI is InChI=1S/C20H16N2O4/c23-20(17-13-19(26-22-17)18-6-3-10-25-18)21-9-11-24-16-8-7-14-4-1-2-5-15(14)12-16/h1-8,10,12-13H,9,11H2,(H,21,23). The minimum Gasteiger partial charge on any atom is -0.492 e. The number of carbonyl (C=O) groups excluding carboxylic acids is 1. The molecule has 1 amide bonds. The van der Waals surface area contributed by atoms with E-state index in [9.17, 15) is 4.79 Å². The van der Waals surface area contributed by atoms with E-state index in [1.807, 2.05) is 42.5 Å². The van der Waals surface area contributed by atoms with Gasteiger partial charge >= 0.3 is 0 Å². The molecule has 0 radical (unpaired) electrons. The Bertz CT molecular complexity index is 1020. The highest BCUT2D eigenvalue weighted by molar-refractivity contribution is 5.92. The second-order valence-corrected chi connectivity index (χ2v) is 5.67. The van der Waals surface area contributed by atoms with Gasteiger partial charge in [-0.25, -0.2) is 0 Å². The summed E-state index contributed by atoms with van der Waals surface area (Å²) < 4.78 is 16.0. The molecule has 0 aliphatic rings. The highest BCUT2D eigenvalue weighted by atomic mass is 16.5. The number of carbonyl (C=O) groups is 1. The van der Waals surface area contributed by atoms with Crippen molar-refractivity contribution in [3.05, 3.63) is 72.6 Å². The van der Waals surface area contributed by atoms with Crippen LogP contribution in [0.5, 0.6) is 5.75 Å². The molecule has 2 heterocycles. The summed E-state index contributed by atoms with van der Waals surface area (Å²) in [5.74, 6) is 1.37. The fraction of sp³-hybridized carbons (Fsp3) is 0.100. The maximum Gasteiger partial charge on any atom is 0.273 e. The lowest BCUT2D eigenvalue weighted by Gasteiger charge is -2.08. The third-order valence-corrected chi connectivity index (χ3v) is 3.88. The van der Waals surface area contributed by atoms with Crippen LogP contribution in [0.25, 0.3) is 22.3 Å². The summed E-state index contributed by atoms with van der Waals surface area (Å²) in [6, 6.07) is 19.0. The van der Waals surface area contributed by atoms with Crippen molar-refractivity contribution in [2.24, 2.45) is 0 Å². The molecule has 6 heteroatoms. The molecule has 0 saturated carbocycles. The van der Waals surface area contributed by atoms with Crippen LogP contribution in [0.15, 0.2) is 75.9 Å². The van der Waals surface area contributed by atoms with Crippen LogP contribution in [0.2, 0.25) is 0 Å². The molecule has 4 aromatic rings. The molecule has 0 aliphatic heterocycles. The van der Waals surface area contributed by atoms with E-state index in [1.165, 1.54) is 6.26 Å². The zero-order chi connectivity index (χ0) is 17.8. The molecule has 130 valence electrons. The van der Waals surface area contributed by atoms with E-state index in [0.717, 1.165) is 16.5 Å². The van der Waals surface area contributed by atoms with E-state index >= 15 is 0 Å². The van der Waals surface area contributed by atoms with Crippen molar-refractivity contribution in [1.29, 1.82) is 0 Å². The van der Waals surface area contributed by atoms with Crippen LogP contribution in [0.1, 0.15) is 10.5 Å². The number of rotatable bonds is 6. The van der Waals surface area contributed by atoms with Crippen molar-refractivity contribution in [3.63, 3.8) is 0 Å². The fourth-order valence-corrected chi connectivity index (χ4v) is 2.60. The molecule has 2 aromatic heterocycles. The number of aromatic nitrogens is 1. The molecule has 0 saturated heterocycles. The van der Waals surface area contributed by atoms with Crippen molar-refractivity contribution >= 4 is 16.7 Å². The number of hydrogen-bond donors (Lipinski definition) is 1. The third-order valence-electron chi connectivity index (χ3n) is 3.88. The zero-order valence-corrected chi connectivity index (χ0v) is 13.8. The molecule has 0 fully saturated rings. The normalized spacial score (nSPS) is 10.8. The smallest absolute Gasteiger partial charge is 0.273 e. The van der Waals surface area contributed by atoms with E-state index in [4.69, 9.17) is 13.7 Å². The maximum absolute atomic E-state index is 12.1. The summed E-state index contributed by atoms with van der Waals surface area (Å²) >= 11 is 0. The monoisotopic (exact) mass is 348 g/mol. The van der Waals surface area contributed by atoms with E-state index in [2.05, 4.69) is 10.5 Å². The Labute approximate surface area is 149 Å². The lowest BCUT2D eigenvalue weighted by molar-refractivity contribution is 0.0938. The Morgan fingerprint density at radius 2 is 1.88 bits per heavy atom. The number of nitrogens with one attached hydrogen (secondary N) is 1. The SMILES string of the molecule is O=C(NCCOc1ccc2ccccc2c1)c1cc(-c2ccco2)on1. The fourth-order valence-electron chi connectivity index (χ4n) is 2.60. The first kappa shape index (κ1) is 16.0. The molecule has 0 aliphatic carbocycles. The van der Waals surface area contributed by atoms with Crippen LogP contribution in [-0.2, 0) is 0 Å². The number of amides is 1. The first-order chi connectivity index (χ1) is 12.8. The van der Waals surface area contributed by atoms with Crippen molar-refractivity contribution in [2.45, 2.75) is 0 Å². The summed E-state index contributed by atoms with van der Waals surface area (Å²) in [7, 11) is 0. The number of fused-ring (bicyclic) bond motifs is 1. The van der Waals surface area contributed by atoms with E-state index < -0.39 is 0 Å². The van der Waals surface area contributed by atoms with Crippen molar-refractivity contribution in [1.82, 2.24) is 10.5 Å². The van der Waals surface area contributed by atoms with Gasteiger partial charge in [0.2, 0.25) is 5.76 Å². The topological polar surface area (TPSA) is 77.5 Å². The first-order valence-electron chi connectivity index (χ1n) is 8.20. The Morgan fingerprint density at radius 1 is 1.00 bits per heavy atom. The van der Waals surface area contributed by atoms with Gasteiger partial charge in [0.1, 0.15) is 12.4 Å². The van der Waals surface area contributed by atoms with Gasteiger partial charge in [-0.05, 0) is 35.0 Å². The Morgan fingerprint density at radius 3 is 2.73 bits per heavy atom. The first-order valence-corrected chi connectivity index (χ1v) is 8.20. The predicted octanol–water partition coefficient (Wildman–Crippen LogP) is 3.90. The van der Waals surface area contributed by atoms with Gasteiger partial charge in [0.15, 0.2) is 11.5 Å². The quantitative estimate of drug-likeness (QED) is 0.535. The largest absolute Gasteiger partial charge is 0.492 e. The van der Waals surface area contributed by atoms with Gasteiger partial charge in [-0.2, -0.15) is 0 Å². The van der Waals surface area contributed by atoms with E-state index in [1.54, 1.807) is 18.2 Å². The minimum absolute atomic E-state index is 0.196. The van der Waals surface area contributed by atoms with Crippen LogP contribution in [0, 0.1) is 0 Å². The summed E-state index contributed by atoms with van der Waals surface area (Å²) in [5, 5.41) is 8.78. The summed E-state index contributed by atoms with van der Waals surface area (Å²) in [4.78, 5) is 12.1. The average Bonchev–Trinajstić information content (AvgIpc) is 3.36. The molecular formula is C20H16N2O4. The molecule has 4 rings (SSSR count). The third kappa shape index (κ3) is 3.44. The van der Waals surface area contributed by atoms with Gasteiger partial charge in [0.25, 0.3) is 5.91 Å². The lowest BCUT2D eigenvalue weighted by Crippen LogP contribution is -2.28. The average molecular weight is 348 g/mol. The van der Waals surface area contributed by atoms with Gasteiger partial charge in [0.05, 0.1) is 12.8 Å². The number of nitrogens with zero attached hydrogens (tertiary/aromatic N) is 1. The van der Waals surface area contributed by atoms with Crippen LogP contribution >= 0.6 is 0 Å². The lowest BCUT2D eigenvalue weighted by atomic mass is 10.1. The van der Waals surface area contributed by atoms with Gasteiger partial charge in [-0.3, -0.25) is 4.79 Å². The highest BCUT2D eigenvalue weighted by Gasteiger charge is 2.14. The Kier molecular flexibility index (Phi) is 4.38. The molecule has 2 aromatic carbocycles. The van der Waals surface area contributed by atoms with Crippen LogP contribution in [-0.4, -0.2) is 24.2 Å². The number of benzene rings is 2. The van der Waals surface area contributed by atoms with Crippen molar-refractivity contribution in [2.75, 3.05) is 13.2 Å². The number of ether oxygens (including phenoxy) is 1. The van der Waals surface area contributed by atoms with Crippen LogP contribution < -0.4 is 10.1 Å². The Hall–Kier alpha value is -3.54. The van der Waals surface area contributed by atoms with Crippen molar-refractivity contribution < 1.29 is 18.5 Å². The van der Waals surface area contributed by atoms with E-state index in [-0.39, 0.29) is 11.6 Å². The number of hydrogen-bond acceptors (Lipinski definition) is 5. The predicted molar refractivity (Wildman–Crippen MR) is 96.0 cm³/mol. The van der Waals surface area contributed by atoms with Gasteiger partial charge < -0.3 is 19.0 Å². The second-order valence-electron chi connectivity index (χ2n) is 5.67. The molecule has 0 atom stereocenters. The molecule has 26 heavy (non-hydrogen) atoms. The summed E-state index contributed by atoms with van der Waals surface area (Å²) in [6.07, 6.45) is 1.53. The highest BCUT2D eigenvalue weighted by Crippen LogP contribution is 2.21. The molecule has 0 unspecified atom stereocenters. The van der Waals surface area contributed by atoms with Crippen LogP contribution in [0.4, 0.5) is 0 Å². The molecule has 6 nitrogen and oxygen atoms in total. The molecular weight excluding hydrogens is 332 g/mol. The minimum atomic E-state index is -0.325. The number of furan rings is 1. The van der Waals surface area contributed by atoms with E-state index in [0.29, 0.717) is 24.7 Å². The molecule has 0 bridgehead atoms. The summed E-state index contributed by atoms with van der Waals surface area (Å²) in [6.45, 7) is 0.710. The van der Waals surface area contributed by atoms with Gasteiger partial charge in [-0.15, -0.1) is 0 Å². The second kappa shape index (κ2) is 7.14. The van der Waals surface area contributed by atoms with Crippen LogP contribution in [0.3, 0.4) is 0 Å². The van der Waals surface area contributed by atoms with Gasteiger partial charge in [0, 0.05) is 6.07 Å². The molecule has 0 spiro atoms. The maximum atomic E-state index is 12.1. The Balaban J connectivity index is 1.29. The zero-order valence-electron chi connectivity index (χ0n) is 13.8.